The first-order valence-electron chi connectivity index (χ1n) is 10.8. The van der Waals surface area contributed by atoms with Crippen LogP contribution in [0.3, 0.4) is 0 Å². The number of rotatable bonds is 6. The van der Waals surface area contributed by atoms with E-state index in [2.05, 4.69) is 25.5 Å². The summed E-state index contributed by atoms with van der Waals surface area (Å²) in [6.07, 6.45) is 9.78. The van der Waals surface area contributed by atoms with Crippen LogP contribution in [0.15, 0.2) is 48.9 Å². The van der Waals surface area contributed by atoms with Crippen LogP contribution < -0.4 is 5.32 Å². The molecule has 3 heterocycles. The summed E-state index contributed by atoms with van der Waals surface area (Å²) in [6, 6.07) is 11.7. The lowest BCUT2D eigenvalue weighted by atomic mass is 10.0. The van der Waals surface area contributed by atoms with Crippen molar-refractivity contribution in [1.29, 1.82) is 0 Å². The standard InChI is InChI=1S/C23H25N7O/c1-16-13-20(27-21(31)12-11-17-7-5-6-8-17)30(28-16)23-19-14-26-29(22(19)24-15-25-23)18-9-3-2-4-10-18/h2-4,9-10,13-15,17H,5-8,11-12H2,1H3,(H,27,31). The molecule has 1 aliphatic rings. The number of aryl methyl sites for hydroxylation is 1. The lowest BCUT2D eigenvalue weighted by molar-refractivity contribution is -0.116. The van der Waals surface area contributed by atoms with Gasteiger partial charge >= 0.3 is 0 Å². The second-order valence-corrected chi connectivity index (χ2v) is 8.15. The molecule has 158 valence electrons. The fourth-order valence-electron chi connectivity index (χ4n) is 4.35. The topological polar surface area (TPSA) is 90.5 Å². The Balaban J connectivity index is 1.44. The van der Waals surface area contributed by atoms with Crippen LogP contribution in [0.5, 0.6) is 0 Å². The molecule has 0 bridgehead atoms. The van der Waals surface area contributed by atoms with E-state index in [-0.39, 0.29) is 5.91 Å². The Kier molecular flexibility index (Phi) is 5.19. The molecule has 1 N–H and O–H groups in total. The Morgan fingerprint density at radius 3 is 2.74 bits per heavy atom. The zero-order chi connectivity index (χ0) is 21.2. The first-order valence-corrected chi connectivity index (χ1v) is 10.8. The predicted octanol–water partition coefficient (Wildman–Crippen LogP) is 4.22. The Labute approximate surface area is 180 Å². The smallest absolute Gasteiger partial charge is 0.225 e. The molecule has 1 fully saturated rings. The van der Waals surface area contributed by atoms with Gasteiger partial charge in [-0.05, 0) is 31.4 Å². The van der Waals surface area contributed by atoms with Gasteiger partial charge in [-0.3, -0.25) is 4.79 Å². The lowest BCUT2D eigenvalue weighted by Gasteiger charge is -2.11. The largest absolute Gasteiger partial charge is 0.311 e. The number of aromatic nitrogens is 6. The second kappa shape index (κ2) is 8.29. The van der Waals surface area contributed by atoms with E-state index in [0.29, 0.717) is 29.6 Å². The summed E-state index contributed by atoms with van der Waals surface area (Å²) >= 11 is 0. The van der Waals surface area contributed by atoms with Gasteiger partial charge in [-0.25, -0.2) is 14.6 Å². The number of hydrogen-bond acceptors (Lipinski definition) is 5. The molecule has 1 saturated carbocycles. The average molecular weight is 416 g/mol. The summed E-state index contributed by atoms with van der Waals surface area (Å²) in [5.41, 5.74) is 2.40. The first kappa shape index (κ1) is 19.4. The molecular formula is C23H25N7O. The van der Waals surface area contributed by atoms with Crippen LogP contribution >= 0.6 is 0 Å². The van der Waals surface area contributed by atoms with Gasteiger partial charge in [-0.15, -0.1) is 0 Å². The average Bonchev–Trinajstić information content (AvgIpc) is 3.52. The van der Waals surface area contributed by atoms with E-state index in [1.807, 2.05) is 43.3 Å². The van der Waals surface area contributed by atoms with Gasteiger partial charge in [0.15, 0.2) is 11.5 Å². The third-order valence-electron chi connectivity index (χ3n) is 5.90. The fourth-order valence-corrected chi connectivity index (χ4v) is 4.35. The Morgan fingerprint density at radius 1 is 1.13 bits per heavy atom. The van der Waals surface area contributed by atoms with E-state index in [9.17, 15) is 4.79 Å². The van der Waals surface area contributed by atoms with Gasteiger partial charge in [0, 0.05) is 12.5 Å². The molecule has 0 saturated heterocycles. The van der Waals surface area contributed by atoms with Crippen LogP contribution in [0.25, 0.3) is 22.5 Å². The summed E-state index contributed by atoms with van der Waals surface area (Å²) in [4.78, 5) is 21.5. The van der Waals surface area contributed by atoms with Crippen molar-refractivity contribution < 1.29 is 4.79 Å². The van der Waals surface area contributed by atoms with Gasteiger partial charge in [0.2, 0.25) is 5.91 Å². The van der Waals surface area contributed by atoms with Crippen LogP contribution in [0.2, 0.25) is 0 Å². The minimum absolute atomic E-state index is 0.0123. The van der Waals surface area contributed by atoms with Crippen LogP contribution in [-0.4, -0.2) is 35.4 Å². The van der Waals surface area contributed by atoms with Crippen LogP contribution in [-0.2, 0) is 4.79 Å². The number of fused-ring (bicyclic) bond motifs is 1. The quantitative estimate of drug-likeness (QED) is 0.509. The van der Waals surface area contributed by atoms with E-state index in [1.165, 1.54) is 32.0 Å². The highest BCUT2D eigenvalue weighted by atomic mass is 16.1. The second-order valence-electron chi connectivity index (χ2n) is 8.15. The Bertz CT molecular complexity index is 1210. The van der Waals surface area contributed by atoms with E-state index < -0.39 is 0 Å². The van der Waals surface area contributed by atoms with Gasteiger partial charge in [-0.2, -0.15) is 14.9 Å². The van der Waals surface area contributed by atoms with Gasteiger partial charge < -0.3 is 5.32 Å². The summed E-state index contributed by atoms with van der Waals surface area (Å²) in [7, 11) is 0. The van der Waals surface area contributed by atoms with Crippen LogP contribution in [0.4, 0.5) is 5.82 Å². The number of hydrogen-bond donors (Lipinski definition) is 1. The van der Waals surface area contributed by atoms with Gasteiger partial charge in [-0.1, -0.05) is 43.9 Å². The van der Waals surface area contributed by atoms with Crippen molar-refractivity contribution in [2.75, 3.05) is 5.32 Å². The minimum atomic E-state index is 0.0123. The summed E-state index contributed by atoms with van der Waals surface area (Å²) < 4.78 is 3.44. The van der Waals surface area contributed by atoms with Crippen molar-refractivity contribution >= 4 is 22.8 Å². The molecule has 4 aromatic rings. The highest BCUT2D eigenvalue weighted by Gasteiger charge is 2.19. The summed E-state index contributed by atoms with van der Waals surface area (Å²) in [6.45, 7) is 1.90. The van der Waals surface area contributed by atoms with Crippen LogP contribution in [0, 0.1) is 12.8 Å². The molecule has 0 spiro atoms. The lowest BCUT2D eigenvalue weighted by Crippen LogP contribution is -2.16. The number of para-hydroxylation sites is 1. The molecule has 1 aliphatic carbocycles. The van der Waals surface area contributed by atoms with E-state index in [4.69, 9.17) is 0 Å². The molecule has 31 heavy (non-hydrogen) atoms. The van der Waals surface area contributed by atoms with E-state index in [0.717, 1.165) is 23.2 Å². The molecule has 1 aromatic carbocycles. The maximum atomic E-state index is 12.6. The van der Waals surface area contributed by atoms with Crippen LogP contribution in [0.1, 0.15) is 44.2 Å². The number of amides is 1. The third kappa shape index (κ3) is 3.93. The number of carbonyl (C=O) groups is 1. The predicted molar refractivity (Wildman–Crippen MR) is 118 cm³/mol. The molecule has 0 unspecified atom stereocenters. The number of nitrogens with zero attached hydrogens (tertiary/aromatic N) is 6. The number of anilines is 1. The molecule has 3 aromatic heterocycles. The van der Waals surface area contributed by atoms with Crippen molar-refractivity contribution in [2.45, 2.75) is 45.4 Å². The van der Waals surface area contributed by atoms with E-state index >= 15 is 0 Å². The van der Waals surface area contributed by atoms with Gasteiger partial charge in [0.1, 0.15) is 12.1 Å². The number of nitrogens with one attached hydrogen (secondary N) is 1. The zero-order valence-corrected chi connectivity index (χ0v) is 17.5. The maximum Gasteiger partial charge on any atom is 0.225 e. The van der Waals surface area contributed by atoms with Crippen molar-refractivity contribution in [2.24, 2.45) is 5.92 Å². The first-order chi connectivity index (χ1) is 15.2. The Hall–Kier alpha value is -3.55. The van der Waals surface area contributed by atoms with Crippen molar-refractivity contribution in [3.8, 4) is 11.5 Å². The molecule has 8 nitrogen and oxygen atoms in total. The highest BCUT2D eigenvalue weighted by molar-refractivity contribution is 5.91. The maximum absolute atomic E-state index is 12.6. The molecule has 1 amide bonds. The van der Waals surface area contributed by atoms with Crippen molar-refractivity contribution in [3.05, 3.63) is 54.6 Å². The Morgan fingerprint density at radius 2 is 1.94 bits per heavy atom. The molecular weight excluding hydrogens is 390 g/mol. The van der Waals surface area contributed by atoms with Crippen molar-refractivity contribution in [1.82, 2.24) is 29.5 Å². The molecule has 5 rings (SSSR count). The number of carbonyl (C=O) groups excluding carboxylic acids is 1. The summed E-state index contributed by atoms with van der Waals surface area (Å²) in [5, 5.41) is 12.9. The monoisotopic (exact) mass is 415 g/mol. The summed E-state index contributed by atoms with van der Waals surface area (Å²) in [5.74, 6) is 1.90. The molecule has 0 atom stereocenters. The molecule has 0 radical (unpaired) electrons. The third-order valence-corrected chi connectivity index (χ3v) is 5.90. The highest BCUT2D eigenvalue weighted by Crippen LogP contribution is 2.29. The molecule has 0 aliphatic heterocycles. The minimum Gasteiger partial charge on any atom is -0.311 e. The normalized spacial score (nSPS) is 14.4. The molecule has 8 heteroatoms. The number of benzene rings is 1. The zero-order valence-electron chi connectivity index (χ0n) is 17.5. The van der Waals surface area contributed by atoms with Gasteiger partial charge in [0.25, 0.3) is 0 Å². The SMILES string of the molecule is Cc1cc(NC(=O)CCC2CCCC2)n(-c2ncnc3c2cnn3-c2ccccc2)n1. The van der Waals surface area contributed by atoms with Crippen molar-refractivity contribution in [3.63, 3.8) is 0 Å². The van der Waals surface area contributed by atoms with Gasteiger partial charge in [0.05, 0.1) is 23.0 Å². The fraction of sp³-hybridized carbons (Fsp3) is 0.348. The van der Waals surface area contributed by atoms with E-state index in [1.54, 1.807) is 15.6 Å².